The SMILES string of the molecule is COc1ccccc1[C@@](O)(c1ccccc1OCc1ccccc1)[C@@]1(C)CC1(Cl)Cl. The van der Waals surface area contributed by atoms with Gasteiger partial charge in [0.1, 0.15) is 28.0 Å². The van der Waals surface area contributed by atoms with Crippen molar-refractivity contribution in [3.8, 4) is 11.5 Å². The van der Waals surface area contributed by atoms with E-state index in [1.54, 1.807) is 7.11 Å². The van der Waals surface area contributed by atoms with Crippen molar-refractivity contribution in [2.45, 2.75) is 29.9 Å². The highest BCUT2D eigenvalue weighted by molar-refractivity contribution is 6.51. The monoisotopic (exact) mass is 442 g/mol. The summed E-state index contributed by atoms with van der Waals surface area (Å²) in [6.07, 6.45) is 0.435. The molecule has 3 aromatic rings. The molecule has 3 aromatic carbocycles. The van der Waals surface area contributed by atoms with Gasteiger partial charge in [0.05, 0.1) is 7.11 Å². The van der Waals surface area contributed by atoms with Gasteiger partial charge in [0.15, 0.2) is 0 Å². The van der Waals surface area contributed by atoms with Gasteiger partial charge < -0.3 is 14.6 Å². The summed E-state index contributed by atoms with van der Waals surface area (Å²) in [7, 11) is 1.58. The van der Waals surface area contributed by atoms with Crippen LogP contribution >= 0.6 is 23.2 Å². The Hall–Kier alpha value is -2.20. The molecule has 0 bridgehead atoms. The van der Waals surface area contributed by atoms with Crippen molar-refractivity contribution in [3.63, 3.8) is 0 Å². The van der Waals surface area contributed by atoms with Gasteiger partial charge in [-0.1, -0.05) is 73.7 Å². The van der Waals surface area contributed by atoms with Crippen molar-refractivity contribution in [1.82, 2.24) is 0 Å². The number of methoxy groups -OCH3 is 1. The molecule has 1 N–H and O–H groups in total. The fraction of sp³-hybridized carbons (Fsp3) is 0.280. The molecule has 2 atom stereocenters. The van der Waals surface area contributed by atoms with E-state index in [9.17, 15) is 5.11 Å². The summed E-state index contributed by atoms with van der Waals surface area (Å²) in [4.78, 5) is 0. The highest BCUT2D eigenvalue weighted by Gasteiger charge is 2.74. The zero-order valence-corrected chi connectivity index (χ0v) is 18.5. The first-order valence-electron chi connectivity index (χ1n) is 9.83. The standard InChI is InChI=1S/C25H24Cl2O3/c1-23(17-24(23,26)27)25(28,19-12-6-8-14-21(19)29-2)20-13-7-9-15-22(20)30-16-18-10-4-3-5-11-18/h3-15,28H,16-17H2,1-2H3/t23-,25+/m0/s1. The van der Waals surface area contributed by atoms with Crippen LogP contribution in [-0.4, -0.2) is 16.5 Å². The zero-order valence-electron chi connectivity index (χ0n) is 16.9. The first-order chi connectivity index (χ1) is 14.3. The fourth-order valence-corrected chi connectivity index (χ4v) is 4.91. The normalized spacial score (nSPS) is 21.5. The number of para-hydroxylation sites is 2. The van der Waals surface area contributed by atoms with Gasteiger partial charge >= 0.3 is 0 Å². The van der Waals surface area contributed by atoms with Gasteiger partial charge in [-0.05, 0) is 24.1 Å². The Kier molecular flexibility index (Phi) is 5.48. The van der Waals surface area contributed by atoms with Crippen LogP contribution in [-0.2, 0) is 12.2 Å². The quantitative estimate of drug-likeness (QED) is 0.449. The summed E-state index contributed by atoms with van der Waals surface area (Å²) in [5, 5.41) is 12.3. The van der Waals surface area contributed by atoms with E-state index >= 15 is 0 Å². The summed E-state index contributed by atoms with van der Waals surface area (Å²) < 4.78 is 10.7. The van der Waals surface area contributed by atoms with Gasteiger partial charge in [-0.2, -0.15) is 0 Å². The predicted octanol–water partition coefficient (Wildman–Crippen LogP) is 6.09. The van der Waals surface area contributed by atoms with Crippen LogP contribution in [0.3, 0.4) is 0 Å². The lowest BCUT2D eigenvalue weighted by Crippen LogP contribution is -2.40. The zero-order chi connectivity index (χ0) is 21.4. The topological polar surface area (TPSA) is 38.7 Å². The van der Waals surface area contributed by atoms with E-state index in [0.717, 1.165) is 5.56 Å². The van der Waals surface area contributed by atoms with E-state index in [-0.39, 0.29) is 0 Å². The number of halogens is 2. The van der Waals surface area contributed by atoms with E-state index in [4.69, 9.17) is 32.7 Å². The van der Waals surface area contributed by atoms with Crippen molar-refractivity contribution >= 4 is 23.2 Å². The third-order valence-electron chi connectivity index (χ3n) is 6.07. The molecule has 0 heterocycles. The van der Waals surface area contributed by atoms with Crippen LogP contribution in [0.1, 0.15) is 30.0 Å². The number of alkyl halides is 2. The minimum Gasteiger partial charge on any atom is -0.496 e. The van der Waals surface area contributed by atoms with Crippen molar-refractivity contribution in [2.75, 3.05) is 7.11 Å². The van der Waals surface area contributed by atoms with Crippen molar-refractivity contribution in [3.05, 3.63) is 95.6 Å². The van der Waals surface area contributed by atoms with Gasteiger partial charge in [0, 0.05) is 16.5 Å². The van der Waals surface area contributed by atoms with Crippen LogP contribution in [0.15, 0.2) is 78.9 Å². The molecule has 0 radical (unpaired) electrons. The number of hydrogen-bond acceptors (Lipinski definition) is 3. The van der Waals surface area contributed by atoms with E-state index in [1.165, 1.54) is 0 Å². The predicted molar refractivity (Wildman–Crippen MR) is 120 cm³/mol. The third-order valence-corrected chi connectivity index (χ3v) is 7.17. The second kappa shape index (κ2) is 7.81. The Morgan fingerprint density at radius 3 is 1.93 bits per heavy atom. The molecule has 1 aliphatic rings. The second-order valence-electron chi connectivity index (χ2n) is 7.89. The van der Waals surface area contributed by atoms with Gasteiger partial charge in [0.2, 0.25) is 0 Å². The van der Waals surface area contributed by atoms with Gasteiger partial charge in [-0.25, -0.2) is 0 Å². The lowest BCUT2D eigenvalue weighted by Gasteiger charge is -2.38. The summed E-state index contributed by atoms with van der Waals surface area (Å²) in [5.74, 6) is 1.14. The molecule has 1 saturated carbocycles. The number of ether oxygens (including phenoxy) is 2. The molecule has 156 valence electrons. The molecule has 0 amide bonds. The van der Waals surface area contributed by atoms with Crippen LogP contribution in [0, 0.1) is 5.41 Å². The van der Waals surface area contributed by atoms with E-state index < -0.39 is 15.3 Å². The average molecular weight is 443 g/mol. The third kappa shape index (κ3) is 3.35. The largest absolute Gasteiger partial charge is 0.496 e. The molecule has 0 aromatic heterocycles. The van der Waals surface area contributed by atoms with E-state index in [1.807, 2.05) is 85.8 Å². The molecule has 1 aliphatic carbocycles. The Bertz CT molecular complexity index is 1040. The minimum atomic E-state index is -1.52. The summed E-state index contributed by atoms with van der Waals surface area (Å²) in [5.41, 5.74) is -0.0970. The molecule has 5 heteroatoms. The van der Waals surface area contributed by atoms with Crippen molar-refractivity contribution < 1.29 is 14.6 Å². The summed E-state index contributed by atoms with van der Waals surface area (Å²) in [6.45, 7) is 2.27. The van der Waals surface area contributed by atoms with Gasteiger partial charge in [-0.3, -0.25) is 0 Å². The Morgan fingerprint density at radius 1 is 0.867 bits per heavy atom. The van der Waals surface area contributed by atoms with Crippen LogP contribution in [0.2, 0.25) is 0 Å². The van der Waals surface area contributed by atoms with Crippen LogP contribution in [0.5, 0.6) is 11.5 Å². The first kappa shape index (κ1) is 21.0. The smallest absolute Gasteiger partial charge is 0.130 e. The first-order valence-corrected chi connectivity index (χ1v) is 10.6. The minimum absolute atomic E-state index is 0.378. The molecular formula is C25H24Cl2O3. The van der Waals surface area contributed by atoms with Crippen molar-refractivity contribution in [1.29, 1.82) is 0 Å². The van der Waals surface area contributed by atoms with Crippen LogP contribution in [0.4, 0.5) is 0 Å². The summed E-state index contributed by atoms with van der Waals surface area (Å²) in [6, 6.07) is 24.8. The molecular weight excluding hydrogens is 419 g/mol. The number of rotatable bonds is 7. The number of hydrogen-bond donors (Lipinski definition) is 1. The van der Waals surface area contributed by atoms with Crippen LogP contribution in [0.25, 0.3) is 0 Å². The van der Waals surface area contributed by atoms with Gasteiger partial charge in [-0.15, -0.1) is 23.2 Å². The molecule has 3 nitrogen and oxygen atoms in total. The molecule has 0 unspecified atom stereocenters. The summed E-state index contributed by atoms with van der Waals surface area (Å²) >= 11 is 13.2. The Balaban J connectivity index is 1.83. The van der Waals surface area contributed by atoms with E-state index in [2.05, 4.69) is 0 Å². The molecule has 30 heavy (non-hydrogen) atoms. The molecule has 1 fully saturated rings. The Labute approximate surface area is 187 Å². The lowest BCUT2D eigenvalue weighted by atomic mass is 9.73. The molecule has 0 aliphatic heterocycles. The van der Waals surface area contributed by atoms with Crippen molar-refractivity contribution in [2.24, 2.45) is 5.41 Å². The maximum atomic E-state index is 12.3. The molecule has 4 rings (SSSR count). The highest BCUT2D eigenvalue weighted by atomic mass is 35.5. The second-order valence-corrected chi connectivity index (χ2v) is 9.38. The number of benzene rings is 3. The number of aliphatic hydroxyl groups is 1. The molecule has 0 saturated heterocycles. The fourth-order valence-electron chi connectivity index (χ4n) is 4.10. The van der Waals surface area contributed by atoms with Gasteiger partial charge in [0.25, 0.3) is 0 Å². The lowest BCUT2D eigenvalue weighted by molar-refractivity contribution is 0.00367. The molecule has 0 spiro atoms. The Morgan fingerprint density at radius 2 is 1.37 bits per heavy atom. The van der Waals surface area contributed by atoms with E-state index in [0.29, 0.717) is 35.7 Å². The highest BCUT2D eigenvalue weighted by Crippen LogP contribution is 2.73. The maximum Gasteiger partial charge on any atom is 0.130 e. The average Bonchev–Trinajstić information content (AvgIpc) is 3.31. The maximum absolute atomic E-state index is 12.3. The van der Waals surface area contributed by atoms with Crippen LogP contribution < -0.4 is 9.47 Å².